The van der Waals surface area contributed by atoms with Gasteiger partial charge in [-0.2, -0.15) is 0 Å². The average molecular weight is 600 g/mol. The van der Waals surface area contributed by atoms with Crippen LogP contribution in [0.15, 0.2) is 0 Å². The van der Waals surface area contributed by atoms with Crippen LogP contribution in [0.25, 0.3) is 0 Å². The standard InChI is InChI=1S/C31H53NO10/c1-12-22-31(8)26(41-29(36)42-31)20(6)23(33)18(4)15-30(7,37-11)25(16(2)13-17(3)27(35)39-22)40-28-24(34)21(32(9)10)14-19(5)38-28/h16-22,24-26,28,34H,12-15H2,1-11H3/t16-,17+,18+,19+,20-,21-,22?,24+,25+,26+,28-,30+,31+/m0/s1. The molecule has 42 heavy (non-hydrogen) atoms. The SMILES string of the molecule is CCC1OC(=O)[C@H](C)C[C@H](C)[C@@H](O[C@@H]2O[C@H](C)C[C@H](N(C)C)[C@H]2O)[C@](C)(OC)C[C@@H](C)C(=O)[C@H](C)[C@H]2OC(=O)O[C@]12C. The Bertz CT molecular complexity index is 975. The van der Waals surface area contributed by atoms with Crippen LogP contribution in [0, 0.1) is 23.7 Å². The second-order valence-corrected chi connectivity index (χ2v) is 13.5. The summed E-state index contributed by atoms with van der Waals surface area (Å²) in [6.07, 6.45) is -3.62. The molecule has 3 rings (SSSR count). The second kappa shape index (κ2) is 13.5. The first-order valence-corrected chi connectivity index (χ1v) is 15.3. The Labute approximate surface area is 250 Å². The zero-order valence-electron chi connectivity index (χ0n) is 27.2. The molecule has 13 atom stereocenters. The fraction of sp³-hybridized carbons (Fsp3) is 0.903. The van der Waals surface area contributed by atoms with E-state index in [0.717, 1.165) is 0 Å². The third-order valence-electron chi connectivity index (χ3n) is 9.73. The van der Waals surface area contributed by atoms with Crippen LogP contribution in [0.4, 0.5) is 4.79 Å². The first-order chi connectivity index (χ1) is 19.5. The molecule has 11 nitrogen and oxygen atoms in total. The minimum absolute atomic E-state index is 0.138. The van der Waals surface area contributed by atoms with Crippen LogP contribution in [0.2, 0.25) is 0 Å². The van der Waals surface area contributed by atoms with Gasteiger partial charge in [-0.3, -0.25) is 9.59 Å². The summed E-state index contributed by atoms with van der Waals surface area (Å²) in [5, 5.41) is 11.3. The lowest BCUT2D eigenvalue weighted by Crippen LogP contribution is -2.58. The molecule has 3 aliphatic rings. The van der Waals surface area contributed by atoms with Crippen LogP contribution in [-0.2, 0) is 38.0 Å². The number of fused-ring (bicyclic) bond motifs is 1. The number of aliphatic hydroxyl groups excluding tert-OH is 1. The molecule has 3 saturated heterocycles. The zero-order chi connectivity index (χ0) is 31.7. The van der Waals surface area contributed by atoms with E-state index >= 15 is 0 Å². The quantitative estimate of drug-likeness (QED) is 0.464. The molecule has 242 valence electrons. The largest absolute Gasteiger partial charge is 0.509 e. The molecule has 11 heteroatoms. The highest BCUT2D eigenvalue weighted by Gasteiger charge is 2.58. The number of hydrogen-bond donors (Lipinski definition) is 1. The fourth-order valence-electron chi connectivity index (χ4n) is 7.27. The fourth-order valence-corrected chi connectivity index (χ4v) is 7.27. The monoisotopic (exact) mass is 599 g/mol. The van der Waals surface area contributed by atoms with E-state index in [0.29, 0.717) is 19.3 Å². The Morgan fingerprint density at radius 3 is 2.21 bits per heavy atom. The molecule has 0 radical (unpaired) electrons. The molecule has 3 heterocycles. The van der Waals surface area contributed by atoms with Gasteiger partial charge in [-0.1, -0.05) is 34.6 Å². The van der Waals surface area contributed by atoms with Crippen LogP contribution in [-0.4, -0.2) is 103 Å². The number of esters is 1. The molecule has 3 aliphatic heterocycles. The third-order valence-corrected chi connectivity index (χ3v) is 9.73. The highest BCUT2D eigenvalue weighted by atomic mass is 16.8. The lowest BCUT2D eigenvalue weighted by Gasteiger charge is -2.47. The van der Waals surface area contributed by atoms with Gasteiger partial charge >= 0.3 is 12.1 Å². The summed E-state index contributed by atoms with van der Waals surface area (Å²) in [4.78, 5) is 41.7. The number of cyclic esters (lactones) is 1. The summed E-state index contributed by atoms with van der Waals surface area (Å²) in [5.74, 6) is -2.64. The van der Waals surface area contributed by atoms with Gasteiger partial charge in [0, 0.05) is 19.1 Å². The summed E-state index contributed by atoms with van der Waals surface area (Å²) >= 11 is 0. The van der Waals surface area contributed by atoms with Crippen LogP contribution in [0.3, 0.4) is 0 Å². The topological polar surface area (TPSA) is 130 Å². The first kappa shape index (κ1) is 34.7. The van der Waals surface area contributed by atoms with Gasteiger partial charge in [-0.25, -0.2) is 4.79 Å². The molecule has 3 fully saturated rings. The molecule has 0 aromatic carbocycles. The van der Waals surface area contributed by atoms with Crippen molar-refractivity contribution in [2.45, 2.75) is 135 Å². The van der Waals surface area contributed by atoms with E-state index in [1.165, 1.54) is 0 Å². The van der Waals surface area contributed by atoms with E-state index in [9.17, 15) is 19.5 Å². The van der Waals surface area contributed by atoms with Crippen molar-refractivity contribution >= 4 is 17.9 Å². The van der Waals surface area contributed by atoms with Crippen molar-refractivity contribution in [3.63, 3.8) is 0 Å². The molecule has 0 amide bonds. The van der Waals surface area contributed by atoms with E-state index in [4.69, 9.17) is 28.4 Å². The van der Waals surface area contributed by atoms with Crippen molar-refractivity contribution in [1.29, 1.82) is 0 Å². The van der Waals surface area contributed by atoms with Crippen LogP contribution in [0.1, 0.15) is 81.1 Å². The Balaban J connectivity index is 2.03. The van der Waals surface area contributed by atoms with Gasteiger partial charge in [0.1, 0.15) is 18.0 Å². The average Bonchev–Trinajstić information content (AvgIpc) is 3.24. The van der Waals surface area contributed by atoms with Crippen molar-refractivity contribution in [2.75, 3.05) is 21.2 Å². The maximum absolute atomic E-state index is 13.9. The number of ether oxygens (including phenoxy) is 6. The van der Waals surface area contributed by atoms with Crippen LogP contribution in [0.5, 0.6) is 0 Å². The maximum Gasteiger partial charge on any atom is 0.509 e. The van der Waals surface area contributed by atoms with Gasteiger partial charge in [0.05, 0.1) is 29.6 Å². The number of likely N-dealkylation sites (N-methyl/N-ethyl adjacent to an activating group) is 1. The number of methoxy groups -OCH3 is 1. The van der Waals surface area contributed by atoms with Crippen molar-refractivity contribution in [3.8, 4) is 0 Å². The lowest BCUT2D eigenvalue weighted by atomic mass is 9.74. The molecular weight excluding hydrogens is 546 g/mol. The maximum atomic E-state index is 13.9. The Hall–Kier alpha value is -1.79. The number of Topliss-reactive ketones (excluding diaryl/α,β-unsaturated/α-hetero) is 1. The molecular formula is C31H53NO10. The van der Waals surface area contributed by atoms with E-state index in [1.54, 1.807) is 27.9 Å². The molecule has 0 saturated carbocycles. The van der Waals surface area contributed by atoms with Gasteiger partial charge in [0.25, 0.3) is 0 Å². The minimum Gasteiger partial charge on any atom is -0.458 e. The Morgan fingerprint density at radius 2 is 1.64 bits per heavy atom. The molecule has 0 spiro atoms. The van der Waals surface area contributed by atoms with Crippen LogP contribution < -0.4 is 0 Å². The van der Waals surface area contributed by atoms with Gasteiger partial charge in [0.15, 0.2) is 18.0 Å². The van der Waals surface area contributed by atoms with E-state index in [-0.39, 0.29) is 30.3 Å². The zero-order valence-corrected chi connectivity index (χ0v) is 27.2. The Kier molecular flexibility index (Phi) is 11.1. The Morgan fingerprint density at radius 1 is 1.00 bits per heavy atom. The molecule has 0 aromatic heterocycles. The summed E-state index contributed by atoms with van der Waals surface area (Å²) in [6, 6.07) is -0.173. The predicted molar refractivity (Wildman–Crippen MR) is 154 cm³/mol. The normalized spacial score (nSPS) is 45.9. The summed E-state index contributed by atoms with van der Waals surface area (Å²) < 4.78 is 36.0. The molecule has 0 bridgehead atoms. The number of rotatable bonds is 5. The number of ketones is 1. The number of aliphatic hydroxyl groups is 1. The minimum atomic E-state index is -1.32. The molecule has 0 aliphatic carbocycles. The van der Waals surface area contributed by atoms with Gasteiger partial charge in [-0.15, -0.1) is 0 Å². The number of hydrogen-bond acceptors (Lipinski definition) is 11. The second-order valence-electron chi connectivity index (χ2n) is 13.5. The molecule has 1 N–H and O–H groups in total. The smallest absolute Gasteiger partial charge is 0.458 e. The lowest BCUT2D eigenvalue weighted by molar-refractivity contribution is -0.297. The van der Waals surface area contributed by atoms with E-state index < -0.39 is 71.8 Å². The summed E-state index contributed by atoms with van der Waals surface area (Å²) in [7, 11) is 5.40. The first-order valence-electron chi connectivity index (χ1n) is 15.3. The highest BCUT2D eigenvalue weighted by Crippen LogP contribution is 2.42. The molecule has 1 unspecified atom stereocenters. The van der Waals surface area contributed by atoms with Gasteiger partial charge in [-0.05, 0) is 66.5 Å². The van der Waals surface area contributed by atoms with Crippen molar-refractivity contribution in [2.24, 2.45) is 23.7 Å². The number of carbonyl (C=O) groups excluding carboxylic acids is 3. The number of carbonyl (C=O) groups is 3. The van der Waals surface area contributed by atoms with Gasteiger partial charge < -0.3 is 38.4 Å². The van der Waals surface area contributed by atoms with Crippen molar-refractivity contribution in [1.82, 2.24) is 4.90 Å². The summed E-state index contributed by atoms with van der Waals surface area (Å²) in [5.41, 5.74) is -2.33. The van der Waals surface area contributed by atoms with E-state index in [1.807, 2.05) is 53.6 Å². The summed E-state index contributed by atoms with van der Waals surface area (Å²) in [6.45, 7) is 14.6. The molecule has 0 aromatic rings. The van der Waals surface area contributed by atoms with Gasteiger partial charge in [0.2, 0.25) is 0 Å². The van der Waals surface area contributed by atoms with E-state index in [2.05, 4.69) is 0 Å². The predicted octanol–water partition coefficient (Wildman–Crippen LogP) is 3.73. The number of nitrogens with zero attached hydrogens (tertiary/aromatic N) is 1. The highest BCUT2D eigenvalue weighted by molar-refractivity contribution is 5.84. The van der Waals surface area contributed by atoms with Crippen LogP contribution >= 0.6 is 0 Å². The van der Waals surface area contributed by atoms with Crippen molar-refractivity contribution in [3.05, 3.63) is 0 Å². The van der Waals surface area contributed by atoms with Crippen molar-refractivity contribution < 1.29 is 47.9 Å². The third kappa shape index (κ3) is 6.96.